The maximum Gasteiger partial charge on any atom is 0.0559 e. The van der Waals surface area contributed by atoms with Crippen LogP contribution in [-0.2, 0) is 6.42 Å². The molecule has 0 saturated carbocycles. The molecule has 0 fully saturated rings. The van der Waals surface area contributed by atoms with Gasteiger partial charge in [-0.3, -0.25) is 0 Å². The highest BCUT2D eigenvalue weighted by atomic mass is 32.1. The molecule has 1 unspecified atom stereocenters. The molecular formula is C68H52N4S. The van der Waals surface area contributed by atoms with Gasteiger partial charge in [0.1, 0.15) is 0 Å². The molecular weight excluding hydrogens is 905 g/mol. The van der Waals surface area contributed by atoms with Gasteiger partial charge in [-0.05, 0) is 146 Å². The molecule has 0 radical (unpaired) electrons. The number of fused-ring (bicyclic) bond motifs is 5. The number of hydrogen-bond donors (Lipinski definition) is 0. The van der Waals surface area contributed by atoms with E-state index in [0.717, 1.165) is 64.8 Å². The number of rotatable bonds is 12. The first-order chi connectivity index (χ1) is 36.2. The fourth-order valence-corrected chi connectivity index (χ4v) is 12.1. The fourth-order valence-electron chi connectivity index (χ4n) is 11.1. The van der Waals surface area contributed by atoms with Gasteiger partial charge in [-0.25, -0.2) is 0 Å². The van der Waals surface area contributed by atoms with E-state index in [0.29, 0.717) is 0 Å². The quantitative estimate of drug-likeness (QED) is 0.121. The number of allylic oxidation sites excluding steroid dienone is 3. The summed E-state index contributed by atoms with van der Waals surface area (Å²) in [4.78, 5) is 9.82. The molecule has 350 valence electrons. The van der Waals surface area contributed by atoms with Gasteiger partial charge < -0.3 is 19.6 Å². The minimum atomic E-state index is 0.221. The second kappa shape index (κ2) is 19.4. The molecule has 0 saturated heterocycles. The van der Waals surface area contributed by atoms with Gasteiger partial charge in [0.05, 0.1) is 23.1 Å². The molecule has 11 aromatic rings. The molecule has 1 aromatic heterocycles. The Kier molecular flexibility index (Phi) is 11.7. The topological polar surface area (TPSA) is 13.0 Å². The predicted molar refractivity (Wildman–Crippen MR) is 314 cm³/mol. The number of benzene rings is 10. The van der Waals surface area contributed by atoms with E-state index in [-0.39, 0.29) is 6.04 Å². The highest BCUT2D eigenvalue weighted by Gasteiger charge is 2.28. The Bertz CT molecular complexity index is 3810. The van der Waals surface area contributed by atoms with E-state index in [9.17, 15) is 0 Å². The zero-order valence-corrected chi connectivity index (χ0v) is 41.2. The van der Waals surface area contributed by atoms with Crippen LogP contribution in [0.1, 0.15) is 24.0 Å². The van der Waals surface area contributed by atoms with Crippen molar-refractivity contribution in [2.24, 2.45) is 0 Å². The lowest BCUT2D eigenvalue weighted by Gasteiger charge is -2.36. The number of anilines is 11. The molecule has 2 aliphatic carbocycles. The monoisotopic (exact) mass is 956 g/mol. The Balaban J connectivity index is 0.954. The summed E-state index contributed by atoms with van der Waals surface area (Å²) < 4.78 is 2.52. The Morgan fingerprint density at radius 1 is 0.356 bits per heavy atom. The van der Waals surface area contributed by atoms with Crippen molar-refractivity contribution in [1.82, 2.24) is 0 Å². The highest BCUT2D eigenvalue weighted by molar-refractivity contribution is 7.25. The standard InChI is InChI=1S/C68H52N4S/c1-7-23-49(24-8-1)69(50-25-9-2-10-26-50)63-41-43-65(59-37-21-19-35-57(59)63)71(53-31-15-5-16-32-53)55-39-45-67-61(47-55)62-48-56(40-46-68(62)73-67)72(54-33-17-6-18-34-54)66-44-42-64(58-36-20-22-38-60(58)66)70(51-27-11-3-12-28-51)52-29-13-4-14-30-52/h1-19,21-29,31-35,37-48,52H,20,30,36H2. The molecule has 0 amide bonds. The molecule has 0 N–H and O–H groups in total. The Labute approximate surface area is 431 Å². The third-order valence-electron chi connectivity index (χ3n) is 14.3. The molecule has 5 heteroatoms. The number of hydrogen-bond acceptors (Lipinski definition) is 5. The average molecular weight is 957 g/mol. The Morgan fingerprint density at radius 2 is 0.795 bits per heavy atom. The first kappa shape index (κ1) is 44.1. The summed E-state index contributed by atoms with van der Waals surface area (Å²) in [5.41, 5.74) is 15.2. The third-order valence-corrected chi connectivity index (χ3v) is 15.5. The van der Waals surface area contributed by atoms with Gasteiger partial charge in [0.2, 0.25) is 0 Å². The lowest BCUT2D eigenvalue weighted by atomic mass is 9.91. The van der Waals surface area contributed by atoms with Crippen molar-refractivity contribution in [3.8, 4) is 0 Å². The smallest absolute Gasteiger partial charge is 0.0559 e. The zero-order chi connectivity index (χ0) is 48.5. The molecule has 2 aliphatic rings. The maximum absolute atomic E-state index is 2.55. The predicted octanol–water partition coefficient (Wildman–Crippen LogP) is 19.6. The third kappa shape index (κ3) is 8.24. The van der Waals surface area contributed by atoms with Gasteiger partial charge in [0.25, 0.3) is 0 Å². The van der Waals surface area contributed by atoms with Crippen LogP contribution in [-0.4, -0.2) is 6.04 Å². The Morgan fingerprint density at radius 3 is 1.29 bits per heavy atom. The van der Waals surface area contributed by atoms with E-state index in [1.807, 2.05) is 11.3 Å². The largest absolute Gasteiger partial charge is 0.334 e. The summed E-state index contributed by atoms with van der Waals surface area (Å²) in [7, 11) is 0. The van der Waals surface area contributed by atoms with Crippen LogP contribution in [0, 0.1) is 0 Å². The van der Waals surface area contributed by atoms with E-state index in [2.05, 4.69) is 293 Å². The van der Waals surface area contributed by atoms with Crippen LogP contribution in [0.25, 0.3) is 37.0 Å². The summed E-state index contributed by atoms with van der Waals surface area (Å²) in [6, 6.07) is 86.4. The Hall–Kier alpha value is -8.90. The lowest BCUT2D eigenvalue weighted by molar-refractivity contribution is 0.778. The number of nitrogens with zero attached hydrogens (tertiary/aromatic N) is 4. The average Bonchev–Trinajstić information content (AvgIpc) is 3.84. The van der Waals surface area contributed by atoms with Crippen molar-refractivity contribution >= 4 is 111 Å². The van der Waals surface area contributed by atoms with Crippen molar-refractivity contribution in [2.45, 2.75) is 25.3 Å². The summed E-state index contributed by atoms with van der Waals surface area (Å²) in [6.07, 6.45) is 16.6. The zero-order valence-electron chi connectivity index (χ0n) is 40.4. The van der Waals surface area contributed by atoms with Gasteiger partial charge in [-0.1, -0.05) is 152 Å². The molecule has 0 bridgehead atoms. The minimum Gasteiger partial charge on any atom is -0.334 e. The van der Waals surface area contributed by atoms with E-state index in [1.165, 1.54) is 59.1 Å². The molecule has 73 heavy (non-hydrogen) atoms. The molecule has 1 atom stereocenters. The first-order valence-electron chi connectivity index (χ1n) is 25.3. The fraction of sp³-hybridized carbons (Fsp3) is 0.0588. The molecule has 10 aromatic carbocycles. The first-order valence-corrected chi connectivity index (χ1v) is 26.2. The van der Waals surface area contributed by atoms with Crippen LogP contribution in [0.3, 0.4) is 0 Å². The number of para-hydroxylation sites is 5. The minimum absolute atomic E-state index is 0.221. The van der Waals surface area contributed by atoms with E-state index in [4.69, 9.17) is 0 Å². The van der Waals surface area contributed by atoms with Gasteiger partial charge in [0.15, 0.2) is 0 Å². The van der Waals surface area contributed by atoms with Crippen molar-refractivity contribution in [3.63, 3.8) is 0 Å². The summed E-state index contributed by atoms with van der Waals surface area (Å²) in [5, 5.41) is 4.81. The van der Waals surface area contributed by atoms with Gasteiger partial charge in [0, 0.05) is 82.0 Å². The molecule has 4 nitrogen and oxygen atoms in total. The van der Waals surface area contributed by atoms with Gasteiger partial charge >= 0.3 is 0 Å². The summed E-state index contributed by atoms with van der Waals surface area (Å²) in [6.45, 7) is 0. The van der Waals surface area contributed by atoms with E-state index < -0.39 is 0 Å². The molecule has 13 rings (SSSR count). The highest BCUT2D eigenvalue weighted by Crippen LogP contribution is 2.49. The normalized spacial score (nSPS) is 13.8. The maximum atomic E-state index is 2.55. The van der Waals surface area contributed by atoms with Gasteiger partial charge in [-0.15, -0.1) is 11.3 Å². The summed E-state index contributed by atoms with van der Waals surface area (Å²) >= 11 is 1.86. The van der Waals surface area contributed by atoms with Crippen LogP contribution in [0.5, 0.6) is 0 Å². The second-order valence-electron chi connectivity index (χ2n) is 18.7. The SMILES string of the molecule is C1=CCC(N(c2ccccc2)c2ccc(N(c3ccccc3)c3ccc4sc5ccc(N(c6ccccc6)c6ccc(N(c7ccccc7)c7ccccc7)c7ccccc67)cc5c4c3)c3c2CCC=C3)C=C1. The lowest BCUT2D eigenvalue weighted by Crippen LogP contribution is -2.31. The van der Waals surface area contributed by atoms with Crippen molar-refractivity contribution < 1.29 is 0 Å². The molecule has 0 spiro atoms. The van der Waals surface area contributed by atoms with Crippen LogP contribution in [0.15, 0.2) is 267 Å². The molecule has 0 aliphatic heterocycles. The van der Waals surface area contributed by atoms with Crippen molar-refractivity contribution in [2.75, 3.05) is 19.6 Å². The van der Waals surface area contributed by atoms with Crippen LogP contribution >= 0.6 is 11.3 Å². The van der Waals surface area contributed by atoms with Crippen LogP contribution in [0.4, 0.5) is 62.6 Å². The van der Waals surface area contributed by atoms with Crippen molar-refractivity contribution in [1.29, 1.82) is 0 Å². The van der Waals surface area contributed by atoms with Gasteiger partial charge in [-0.2, -0.15) is 0 Å². The van der Waals surface area contributed by atoms with Crippen LogP contribution < -0.4 is 19.6 Å². The van der Waals surface area contributed by atoms with Crippen molar-refractivity contribution in [3.05, 3.63) is 278 Å². The van der Waals surface area contributed by atoms with E-state index in [1.54, 1.807) is 0 Å². The van der Waals surface area contributed by atoms with Crippen LogP contribution in [0.2, 0.25) is 0 Å². The summed E-state index contributed by atoms with van der Waals surface area (Å²) in [5.74, 6) is 0. The number of thiophene rings is 1. The van der Waals surface area contributed by atoms with E-state index >= 15 is 0 Å². The molecule has 1 heterocycles. The second-order valence-corrected chi connectivity index (χ2v) is 19.8.